The van der Waals surface area contributed by atoms with Crippen molar-refractivity contribution in [2.75, 3.05) is 12.4 Å². The zero-order chi connectivity index (χ0) is 19.2. The first-order valence-electron chi connectivity index (χ1n) is 7.89. The first-order chi connectivity index (χ1) is 13.1. The van der Waals surface area contributed by atoms with E-state index in [0.717, 1.165) is 0 Å². The number of amides is 1. The summed E-state index contributed by atoms with van der Waals surface area (Å²) in [6.07, 6.45) is 1.42. The summed E-state index contributed by atoms with van der Waals surface area (Å²) in [5, 5.41) is 13.7. The van der Waals surface area contributed by atoms with Crippen molar-refractivity contribution in [3.63, 3.8) is 0 Å². The van der Waals surface area contributed by atoms with Gasteiger partial charge < -0.3 is 14.8 Å². The standard InChI is InChI=1S/C19H15N3O5/c1-26-18-10-7-13(12-20-18)21-19(23)16-11-14(22(24)25)8-9-17(16)27-15-5-3-2-4-6-15/h2-12H,1H3,(H,21,23). The van der Waals surface area contributed by atoms with Crippen LogP contribution < -0.4 is 14.8 Å². The number of anilines is 1. The lowest BCUT2D eigenvalue weighted by Gasteiger charge is -2.11. The molecule has 0 aliphatic heterocycles. The van der Waals surface area contributed by atoms with Gasteiger partial charge in [0.1, 0.15) is 11.5 Å². The maximum absolute atomic E-state index is 12.7. The Hall–Kier alpha value is -3.94. The van der Waals surface area contributed by atoms with Crippen LogP contribution in [0.4, 0.5) is 11.4 Å². The van der Waals surface area contributed by atoms with Gasteiger partial charge in [-0.05, 0) is 24.3 Å². The van der Waals surface area contributed by atoms with Crippen molar-refractivity contribution >= 4 is 17.3 Å². The van der Waals surface area contributed by atoms with Crippen LogP contribution >= 0.6 is 0 Å². The third-order valence-corrected chi connectivity index (χ3v) is 3.59. The summed E-state index contributed by atoms with van der Waals surface area (Å²) in [6.45, 7) is 0. The Morgan fingerprint density at radius 2 is 1.89 bits per heavy atom. The van der Waals surface area contributed by atoms with E-state index >= 15 is 0 Å². The molecule has 3 rings (SSSR count). The molecule has 0 unspecified atom stereocenters. The Bertz CT molecular complexity index is 959. The molecule has 1 N–H and O–H groups in total. The quantitative estimate of drug-likeness (QED) is 0.522. The van der Waals surface area contributed by atoms with E-state index in [0.29, 0.717) is 17.3 Å². The van der Waals surface area contributed by atoms with E-state index in [1.54, 1.807) is 36.4 Å². The number of nitro benzene ring substituents is 1. The van der Waals surface area contributed by atoms with Crippen LogP contribution in [0.25, 0.3) is 0 Å². The highest BCUT2D eigenvalue weighted by atomic mass is 16.6. The number of rotatable bonds is 6. The van der Waals surface area contributed by atoms with Gasteiger partial charge in [-0.1, -0.05) is 18.2 Å². The second-order valence-electron chi connectivity index (χ2n) is 5.40. The Labute approximate surface area is 154 Å². The lowest BCUT2D eigenvalue weighted by atomic mass is 10.1. The van der Waals surface area contributed by atoms with E-state index < -0.39 is 10.8 Å². The second-order valence-corrected chi connectivity index (χ2v) is 5.40. The average Bonchev–Trinajstić information content (AvgIpc) is 2.69. The molecule has 0 atom stereocenters. The minimum absolute atomic E-state index is 0.0314. The zero-order valence-electron chi connectivity index (χ0n) is 14.3. The van der Waals surface area contributed by atoms with Gasteiger partial charge in [0.05, 0.1) is 29.5 Å². The summed E-state index contributed by atoms with van der Waals surface area (Å²) >= 11 is 0. The summed E-state index contributed by atoms with van der Waals surface area (Å²) in [4.78, 5) is 27.2. The monoisotopic (exact) mass is 365 g/mol. The van der Waals surface area contributed by atoms with Gasteiger partial charge in [-0.3, -0.25) is 14.9 Å². The van der Waals surface area contributed by atoms with E-state index in [1.165, 1.54) is 31.5 Å². The number of nitrogens with zero attached hydrogens (tertiary/aromatic N) is 2. The predicted molar refractivity (Wildman–Crippen MR) is 98.4 cm³/mol. The smallest absolute Gasteiger partial charge is 0.270 e. The van der Waals surface area contributed by atoms with Crippen molar-refractivity contribution in [3.8, 4) is 17.4 Å². The highest BCUT2D eigenvalue weighted by Crippen LogP contribution is 2.29. The SMILES string of the molecule is COc1ccc(NC(=O)c2cc([N+](=O)[O-])ccc2Oc2ccccc2)cn1. The Balaban J connectivity index is 1.91. The average molecular weight is 365 g/mol. The molecule has 27 heavy (non-hydrogen) atoms. The second kappa shape index (κ2) is 7.96. The number of hydrogen-bond acceptors (Lipinski definition) is 6. The molecule has 1 aromatic heterocycles. The van der Waals surface area contributed by atoms with Gasteiger partial charge in [-0.15, -0.1) is 0 Å². The molecule has 0 saturated carbocycles. The summed E-state index contributed by atoms with van der Waals surface area (Å²) in [6, 6.07) is 15.9. The minimum Gasteiger partial charge on any atom is -0.481 e. The van der Waals surface area contributed by atoms with Crippen molar-refractivity contribution in [1.82, 2.24) is 4.98 Å². The van der Waals surface area contributed by atoms with Crippen LogP contribution in [-0.2, 0) is 0 Å². The lowest BCUT2D eigenvalue weighted by Crippen LogP contribution is -2.13. The third-order valence-electron chi connectivity index (χ3n) is 3.59. The van der Waals surface area contributed by atoms with Crippen molar-refractivity contribution < 1.29 is 19.2 Å². The van der Waals surface area contributed by atoms with Gasteiger partial charge in [-0.2, -0.15) is 0 Å². The molecule has 1 heterocycles. The van der Waals surface area contributed by atoms with Crippen LogP contribution in [0.5, 0.6) is 17.4 Å². The molecule has 8 heteroatoms. The van der Waals surface area contributed by atoms with E-state index in [2.05, 4.69) is 10.3 Å². The Morgan fingerprint density at radius 3 is 2.52 bits per heavy atom. The molecule has 136 valence electrons. The van der Waals surface area contributed by atoms with Crippen molar-refractivity contribution in [2.24, 2.45) is 0 Å². The highest BCUT2D eigenvalue weighted by molar-refractivity contribution is 6.06. The lowest BCUT2D eigenvalue weighted by molar-refractivity contribution is -0.384. The first-order valence-corrected chi connectivity index (χ1v) is 7.89. The van der Waals surface area contributed by atoms with E-state index in [1.807, 2.05) is 6.07 Å². The summed E-state index contributed by atoms with van der Waals surface area (Å²) in [7, 11) is 1.48. The number of hydrogen-bond donors (Lipinski definition) is 1. The number of para-hydroxylation sites is 1. The molecular weight excluding hydrogens is 350 g/mol. The number of benzene rings is 2. The fourth-order valence-corrected chi connectivity index (χ4v) is 2.29. The van der Waals surface area contributed by atoms with Crippen molar-refractivity contribution in [3.05, 3.63) is 82.5 Å². The first kappa shape index (κ1) is 17.9. The van der Waals surface area contributed by atoms with E-state index in [4.69, 9.17) is 9.47 Å². The molecule has 0 aliphatic carbocycles. The van der Waals surface area contributed by atoms with Crippen LogP contribution in [0.3, 0.4) is 0 Å². The van der Waals surface area contributed by atoms with E-state index in [9.17, 15) is 14.9 Å². The van der Waals surface area contributed by atoms with Crippen molar-refractivity contribution in [1.29, 1.82) is 0 Å². The maximum atomic E-state index is 12.7. The molecule has 0 fully saturated rings. The molecule has 0 aliphatic rings. The minimum atomic E-state index is -0.571. The number of methoxy groups -OCH3 is 1. The van der Waals surface area contributed by atoms with Crippen molar-refractivity contribution in [2.45, 2.75) is 0 Å². The van der Waals surface area contributed by atoms with Gasteiger partial charge in [0.15, 0.2) is 0 Å². The fourth-order valence-electron chi connectivity index (χ4n) is 2.29. The van der Waals surface area contributed by atoms with E-state index in [-0.39, 0.29) is 17.0 Å². The van der Waals surface area contributed by atoms with Gasteiger partial charge >= 0.3 is 0 Å². The molecule has 0 bridgehead atoms. The number of nitro groups is 1. The molecular formula is C19H15N3O5. The number of non-ortho nitro benzene ring substituents is 1. The molecule has 8 nitrogen and oxygen atoms in total. The molecule has 0 radical (unpaired) electrons. The molecule has 2 aromatic carbocycles. The van der Waals surface area contributed by atoms with Gasteiger partial charge in [0, 0.05) is 18.2 Å². The number of nitrogens with one attached hydrogen (secondary N) is 1. The Morgan fingerprint density at radius 1 is 1.11 bits per heavy atom. The summed E-state index contributed by atoms with van der Waals surface area (Å²) in [5.74, 6) is 0.547. The summed E-state index contributed by atoms with van der Waals surface area (Å²) < 4.78 is 10.7. The maximum Gasteiger partial charge on any atom is 0.270 e. The normalized spacial score (nSPS) is 10.1. The van der Waals surface area contributed by atoms with Crippen LogP contribution in [0.2, 0.25) is 0 Å². The molecule has 1 amide bonds. The third kappa shape index (κ3) is 4.37. The fraction of sp³-hybridized carbons (Fsp3) is 0.0526. The van der Waals surface area contributed by atoms with Crippen LogP contribution in [0, 0.1) is 10.1 Å². The number of aromatic nitrogens is 1. The van der Waals surface area contributed by atoms with Gasteiger partial charge in [0.2, 0.25) is 5.88 Å². The number of carbonyl (C=O) groups excluding carboxylic acids is 1. The number of pyridine rings is 1. The number of carbonyl (C=O) groups is 1. The predicted octanol–water partition coefficient (Wildman–Crippen LogP) is 4.04. The Kier molecular flexibility index (Phi) is 5.27. The van der Waals surface area contributed by atoms with Crippen LogP contribution in [0.1, 0.15) is 10.4 Å². The van der Waals surface area contributed by atoms with Gasteiger partial charge in [-0.25, -0.2) is 4.98 Å². The topological polar surface area (TPSA) is 104 Å². The summed E-state index contributed by atoms with van der Waals surface area (Å²) in [5.41, 5.74) is 0.232. The molecule has 0 saturated heterocycles. The van der Waals surface area contributed by atoms with Crippen LogP contribution in [-0.4, -0.2) is 22.9 Å². The zero-order valence-corrected chi connectivity index (χ0v) is 14.3. The van der Waals surface area contributed by atoms with Gasteiger partial charge in [0.25, 0.3) is 11.6 Å². The molecule has 3 aromatic rings. The van der Waals surface area contributed by atoms with Crippen LogP contribution in [0.15, 0.2) is 66.9 Å². The molecule has 0 spiro atoms. The largest absolute Gasteiger partial charge is 0.481 e. The number of ether oxygens (including phenoxy) is 2. The highest BCUT2D eigenvalue weighted by Gasteiger charge is 2.19.